The fourth-order valence-electron chi connectivity index (χ4n) is 2.56. The van der Waals surface area contributed by atoms with Crippen molar-refractivity contribution in [1.82, 2.24) is 9.88 Å². The predicted octanol–water partition coefficient (Wildman–Crippen LogP) is 1.48. The maximum atomic E-state index is 9.58. The monoisotopic (exact) mass is 257 g/mol. The summed E-state index contributed by atoms with van der Waals surface area (Å²) < 4.78 is 0. The third-order valence-electron chi connectivity index (χ3n) is 3.75. The van der Waals surface area contributed by atoms with Gasteiger partial charge < -0.3 is 14.9 Å². The minimum atomic E-state index is 0.0412. The zero-order chi connectivity index (χ0) is 13.2. The summed E-state index contributed by atoms with van der Waals surface area (Å²) in [6.45, 7) is 4.06. The third-order valence-corrected chi connectivity index (χ3v) is 3.75. The topological polar surface area (TPSA) is 39.6 Å². The van der Waals surface area contributed by atoms with Crippen molar-refractivity contribution in [3.05, 3.63) is 35.9 Å². The van der Waals surface area contributed by atoms with Crippen LogP contribution in [0.2, 0.25) is 0 Å². The Morgan fingerprint density at radius 3 is 2.63 bits per heavy atom. The Labute approximate surface area is 113 Å². The van der Waals surface area contributed by atoms with Gasteiger partial charge in [-0.1, -0.05) is 18.2 Å². The quantitative estimate of drug-likeness (QED) is 0.884. The van der Waals surface area contributed by atoms with Gasteiger partial charge in [0, 0.05) is 37.1 Å². The summed E-state index contributed by atoms with van der Waals surface area (Å²) in [7, 11) is 2.14. The molecule has 1 aliphatic heterocycles. The molecule has 2 heterocycles. The van der Waals surface area contributed by atoms with E-state index in [2.05, 4.69) is 22.9 Å². The molecule has 0 atom stereocenters. The van der Waals surface area contributed by atoms with Crippen molar-refractivity contribution in [3.8, 4) is 0 Å². The lowest BCUT2D eigenvalue weighted by Gasteiger charge is -2.34. The Morgan fingerprint density at radius 2 is 1.89 bits per heavy atom. The smallest absolute Gasteiger partial charge is 0.134 e. The molecule has 100 valence electrons. The molecule has 0 saturated carbocycles. The maximum absolute atomic E-state index is 9.58. The van der Waals surface area contributed by atoms with Crippen LogP contribution in [-0.2, 0) is 6.61 Å². The van der Waals surface area contributed by atoms with E-state index in [9.17, 15) is 5.11 Å². The van der Waals surface area contributed by atoms with Crippen LogP contribution in [-0.4, -0.2) is 48.2 Å². The average Bonchev–Trinajstić information content (AvgIpc) is 2.46. The van der Waals surface area contributed by atoms with Gasteiger partial charge in [-0.05, 0) is 19.2 Å². The highest BCUT2D eigenvalue weighted by Crippen LogP contribution is 2.24. The van der Waals surface area contributed by atoms with Gasteiger partial charge in [-0.2, -0.15) is 0 Å². The van der Waals surface area contributed by atoms with Crippen molar-refractivity contribution in [1.29, 1.82) is 0 Å². The van der Waals surface area contributed by atoms with E-state index in [1.807, 2.05) is 24.3 Å². The molecule has 1 saturated heterocycles. The van der Waals surface area contributed by atoms with Crippen LogP contribution in [0.4, 0.5) is 5.82 Å². The summed E-state index contributed by atoms with van der Waals surface area (Å²) in [4.78, 5) is 9.33. The number of pyridine rings is 1. The minimum Gasteiger partial charge on any atom is -0.392 e. The molecule has 1 N–H and O–H groups in total. The van der Waals surface area contributed by atoms with Crippen molar-refractivity contribution in [2.45, 2.75) is 6.61 Å². The van der Waals surface area contributed by atoms with E-state index in [0.717, 1.165) is 48.5 Å². The highest BCUT2D eigenvalue weighted by Gasteiger charge is 2.18. The van der Waals surface area contributed by atoms with Gasteiger partial charge in [0.2, 0.25) is 0 Å². The van der Waals surface area contributed by atoms with Crippen LogP contribution >= 0.6 is 0 Å². The Bertz CT molecular complexity index is 577. The van der Waals surface area contributed by atoms with Crippen LogP contribution in [0.15, 0.2) is 30.3 Å². The second-order valence-corrected chi connectivity index (χ2v) is 5.11. The molecule has 0 unspecified atom stereocenters. The molecule has 4 heteroatoms. The van der Waals surface area contributed by atoms with E-state index >= 15 is 0 Å². The molecule has 4 nitrogen and oxygen atoms in total. The van der Waals surface area contributed by atoms with Crippen LogP contribution < -0.4 is 4.90 Å². The van der Waals surface area contributed by atoms with E-state index in [-0.39, 0.29) is 6.61 Å². The molecule has 1 aromatic heterocycles. The molecule has 0 amide bonds. The fraction of sp³-hybridized carbons (Fsp3) is 0.400. The number of piperazine rings is 1. The Morgan fingerprint density at radius 1 is 1.16 bits per heavy atom. The molecular weight excluding hydrogens is 238 g/mol. The summed E-state index contributed by atoms with van der Waals surface area (Å²) in [5.41, 5.74) is 1.91. The first kappa shape index (κ1) is 12.4. The number of anilines is 1. The number of benzene rings is 1. The van der Waals surface area contributed by atoms with Crippen molar-refractivity contribution in [3.63, 3.8) is 0 Å². The maximum Gasteiger partial charge on any atom is 0.134 e. The Hall–Kier alpha value is -1.65. The van der Waals surface area contributed by atoms with Gasteiger partial charge in [-0.25, -0.2) is 4.98 Å². The van der Waals surface area contributed by atoms with E-state index in [4.69, 9.17) is 4.98 Å². The lowest BCUT2D eigenvalue weighted by molar-refractivity contribution is 0.279. The zero-order valence-electron chi connectivity index (χ0n) is 11.2. The molecule has 3 rings (SSSR count). The van der Waals surface area contributed by atoms with Gasteiger partial charge in [0.25, 0.3) is 0 Å². The molecule has 0 aliphatic carbocycles. The van der Waals surface area contributed by atoms with Gasteiger partial charge in [-0.3, -0.25) is 0 Å². The summed E-state index contributed by atoms with van der Waals surface area (Å²) in [6.07, 6.45) is 0. The van der Waals surface area contributed by atoms with E-state index < -0.39 is 0 Å². The molecule has 2 aromatic rings. The lowest BCUT2D eigenvalue weighted by Crippen LogP contribution is -2.45. The highest BCUT2D eigenvalue weighted by atomic mass is 16.3. The third kappa shape index (κ3) is 2.41. The summed E-state index contributed by atoms with van der Waals surface area (Å²) in [5.74, 6) is 0.939. The standard InChI is InChI=1S/C15H19N3O/c1-17-6-8-18(9-7-17)15-13(11-19)10-12-4-2-3-5-14(12)16-15/h2-5,10,19H,6-9,11H2,1H3. The van der Waals surface area contributed by atoms with Crippen LogP contribution in [0.3, 0.4) is 0 Å². The first-order valence-corrected chi connectivity index (χ1v) is 6.71. The van der Waals surface area contributed by atoms with Crippen LogP contribution in [0.5, 0.6) is 0 Å². The van der Waals surface area contributed by atoms with Crippen molar-refractivity contribution in [2.24, 2.45) is 0 Å². The van der Waals surface area contributed by atoms with Gasteiger partial charge in [0.05, 0.1) is 12.1 Å². The first-order valence-electron chi connectivity index (χ1n) is 6.71. The summed E-state index contributed by atoms with van der Waals surface area (Å²) >= 11 is 0. The fourth-order valence-corrected chi connectivity index (χ4v) is 2.56. The molecule has 0 radical (unpaired) electrons. The van der Waals surface area contributed by atoms with Gasteiger partial charge >= 0.3 is 0 Å². The molecule has 19 heavy (non-hydrogen) atoms. The number of hydrogen-bond acceptors (Lipinski definition) is 4. The van der Waals surface area contributed by atoms with Gasteiger partial charge in [0.15, 0.2) is 0 Å². The minimum absolute atomic E-state index is 0.0412. The highest BCUT2D eigenvalue weighted by molar-refractivity contribution is 5.81. The summed E-state index contributed by atoms with van der Waals surface area (Å²) in [6, 6.07) is 10.1. The second kappa shape index (κ2) is 5.15. The number of para-hydroxylation sites is 1. The van der Waals surface area contributed by atoms with E-state index in [1.165, 1.54) is 0 Å². The van der Waals surface area contributed by atoms with Crippen LogP contribution in [0, 0.1) is 0 Å². The Balaban J connectivity index is 2.01. The SMILES string of the molecule is CN1CCN(c2nc3ccccc3cc2CO)CC1. The number of hydrogen-bond donors (Lipinski definition) is 1. The Kier molecular flexibility index (Phi) is 3.36. The van der Waals surface area contributed by atoms with Gasteiger partial charge in [-0.15, -0.1) is 0 Å². The number of aliphatic hydroxyl groups excluding tert-OH is 1. The normalized spacial score (nSPS) is 17.1. The van der Waals surface area contributed by atoms with Crippen LogP contribution in [0.25, 0.3) is 10.9 Å². The van der Waals surface area contributed by atoms with Crippen molar-refractivity contribution < 1.29 is 5.11 Å². The number of rotatable bonds is 2. The largest absolute Gasteiger partial charge is 0.392 e. The van der Waals surface area contributed by atoms with E-state index in [1.54, 1.807) is 0 Å². The molecule has 0 bridgehead atoms. The number of aromatic nitrogens is 1. The average molecular weight is 257 g/mol. The number of nitrogens with zero attached hydrogens (tertiary/aromatic N) is 3. The number of fused-ring (bicyclic) bond motifs is 1. The summed E-state index contributed by atoms with van der Waals surface area (Å²) in [5, 5.41) is 10.7. The molecule has 1 aromatic carbocycles. The van der Waals surface area contributed by atoms with Crippen LogP contribution in [0.1, 0.15) is 5.56 Å². The number of likely N-dealkylation sites (N-methyl/N-ethyl adjacent to an activating group) is 1. The lowest BCUT2D eigenvalue weighted by atomic mass is 10.1. The predicted molar refractivity (Wildman–Crippen MR) is 77.4 cm³/mol. The van der Waals surface area contributed by atoms with Crippen molar-refractivity contribution in [2.75, 3.05) is 38.1 Å². The molecule has 1 fully saturated rings. The zero-order valence-corrected chi connectivity index (χ0v) is 11.2. The van der Waals surface area contributed by atoms with E-state index in [0.29, 0.717) is 0 Å². The van der Waals surface area contributed by atoms with Gasteiger partial charge in [0.1, 0.15) is 5.82 Å². The van der Waals surface area contributed by atoms with Crippen molar-refractivity contribution >= 4 is 16.7 Å². The molecule has 0 spiro atoms. The molecule has 1 aliphatic rings. The number of aliphatic hydroxyl groups is 1. The first-order chi connectivity index (χ1) is 9.28. The molecular formula is C15H19N3O. The second-order valence-electron chi connectivity index (χ2n) is 5.11.